The first kappa shape index (κ1) is 11.3. The fraction of sp³-hybridized carbons (Fsp3) is 0. The SMILES string of the molecule is Nc1cc(-c2cccc3nc(N)sc23)c(Cl)cn1. The maximum atomic E-state index is 6.17. The number of nitrogen functional groups attached to an aromatic ring is 2. The Morgan fingerprint density at radius 3 is 2.83 bits per heavy atom. The number of nitrogens with two attached hydrogens (primary N) is 2. The van der Waals surface area contributed by atoms with Crippen LogP contribution in [-0.4, -0.2) is 9.97 Å². The van der Waals surface area contributed by atoms with Crippen molar-refractivity contribution in [2.45, 2.75) is 0 Å². The average Bonchev–Trinajstić information content (AvgIpc) is 2.72. The highest BCUT2D eigenvalue weighted by Crippen LogP contribution is 2.37. The normalized spacial score (nSPS) is 10.9. The van der Waals surface area contributed by atoms with Crippen LogP contribution in [0.2, 0.25) is 5.02 Å². The lowest BCUT2D eigenvalue weighted by molar-refractivity contribution is 1.34. The molecule has 0 fully saturated rings. The second-order valence-corrected chi connectivity index (χ2v) is 5.23. The molecule has 0 aliphatic heterocycles. The lowest BCUT2D eigenvalue weighted by Gasteiger charge is -2.05. The first-order chi connectivity index (χ1) is 8.65. The number of benzene rings is 1. The Bertz CT molecular complexity index is 738. The molecule has 0 radical (unpaired) electrons. The average molecular weight is 277 g/mol. The Morgan fingerprint density at radius 2 is 2.00 bits per heavy atom. The van der Waals surface area contributed by atoms with E-state index >= 15 is 0 Å². The monoisotopic (exact) mass is 276 g/mol. The number of thiazole rings is 1. The highest BCUT2D eigenvalue weighted by atomic mass is 35.5. The van der Waals surface area contributed by atoms with Gasteiger partial charge in [-0.15, -0.1) is 0 Å². The zero-order valence-electron chi connectivity index (χ0n) is 9.22. The summed E-state index contributed by atoms with van der Waals surface area (Å²) in [6.45, 7) is 0. The molecule has 0 aliphatic carbocycles. The third-order valence-electron chi connectivity index (χ3n) is 2.60. The summed E-state index contributed by atoms with van der Waals surface area (Å²) in [4.78, 5) is 8.22. The van der Waals surface area contributed by atoms with Gasteiger partial charge in [-0.25, -0.2) is 9.97 Å². The van der Waals surface area contributed by atoms with E-state index in [0.29, 0.717) is 16.0 Å². The Balaban J connectivity index is 2.34. The van der Waals surface area contributed by atoms with Crippen LogP contribution in [0.4, 0.5) is 10.9 Å². The zero-order chi connectivity index (χ0) is 12.7. The molecule has 3 aromatic rings. The van der Waals surface area contributed by atoms with Crippen molar-refractivity contribution < 1.29 is 0 Å². The van der Waals surface area contributed by atoms with E-state index in [1.165, 1.54) is 11.3 Å². The molecule has 18 heavy (non-hydrogen) atoms. The van der Waals surface area contributed by atoms with E-state index in [1.54, 1.807) is 12.3 Å². The summed E-state index contributed by atoms with van der Waals surface area (Å²) in [6, 6.07) is 7.57. The molecule has 0 saturated heterocycles. The topological polar surface area (TPSA) is 77.8 Å². The summed E-state index contributed by atoms with van der Waals surface area (Å²) in [6.07, 6.45) is 1.55. The molecule has 90 valence electrons. The summed E-state index contributed by atoms with van der Waals surface area (Å²) in [7, 11) is 0. The number of aromatic nitrogens is 2. The van der Waals surface area contributed by atoms with E-state index in [9.17, 15) is 0 Å². The van der Waals surface area contributed by atoms with Crippen LogP contribution in [0.3, 0.4) is 0 Å². The van der Waals surface area contributed by atoms with Crippen molar-refractivity contribution in [3.05, 3.63) is 35.5 Å². The van der Waals surface area contributed by atoms with Crippen molar-refractivity contribution in [2.24, 2.45) is 0 Å². The fourth-order valence-electron chi connectivity index (χ4n) is 1.84. The minimum absolute atomic E-state index is 0.434. The van der Waals surface area contributed by atoms with Crippen LogP contribution in [0.5, 0.6) is 0 Å². The van der Waals surface area contributed by atoms with E-state index in [1.807, 2.05) is 18.2 Å². The summed E-state index contributed by atoms with van der Waals surface area (Å²) < 4.78 is 1.00. The van der Waals surface area contributed by atoms with Crippen molar-refractivity contribution in [3.63, 3.8) is 0 Å². The molecule has 0 unspecified atom stereocenters. The van der Waals surface area contributed by atoms with Crippen LogP contribution < -0.4 is 11.5 Å². The van der Waals surface area contributed by atoms with Gasteiger partial charge < -0.3 is 11.5 Å². The zero-order valence-corrected chi connectivity index (χ0v) is 10.8. The highest BCUT2D eigenvalue weighted by Gasteiger charge is 2.11. The molecule has 0 spiro atoms. The Morgan fingerprint density at radius 1 is 1.17 bits per heavy atom. The van der Waals surface area contributed by atoms with Crippen LogP contribution in [0.1, 0.15) is 0 Å². The van der Waals surface area contributed by atoms with Crippen molar-refractivity contribution in [1.82, 2.24) is 9.97 Å². The molecule has 0 saturated carbocycles. The van der Waals surface area contributed by atoms with E-state index in [2.05, 4.69) is 9.97 Å². The molecule has 4 N–H and O–H groups in total. The van der Waals surface area contributed by atoms with Gasteiger partial charge in [-0.3, -0.25) is 0 Å². The molecule has 1 aromatic carbocycles. The smallest absolute Gasteiger partial charge is 0.181 e. The van der Waals surface area contributed by atoms with Gasteiger partial charge in [0.1, 0.15) is 5.82 Å². The van der Waals surface area contributed by atoms with Gasteiger partial charge in [0.05, 0.1) is 15.2 Å². The van der Waals surface area contributed by atoms with Gasteiger partial charge in [-0.1, -0.05) is 35.1 Å². The van der Waals surface area contributed by atoms with Crippen molar-refractivity contribution >= 4 is 44.1 Å². The van der Waals surface area contributed by atoms with Crippen LogP contribution in [0.25, 0.3) is 21.3 Å². The second kappa shape index (κ2) is 4.12. The van der Waals surface area contributed by atoms with Crippen molar-refractivity contribution in [1.29, 1.82) is 0 Å². The number of anilines is 2. The number of halogens is 1. The summed E-state index contributed by atoms with van der Waals surface area (Å²) in [5.74, 6) is 0.434. The van der Waals surface area contributed by atoms with E-state index in [-0.39, 0.29) is 0 Å². The molecule has 0 amide bonds. The van der Waals surface area contributed by atoms with Crippen molar-refractivity contribution in [3.8, 4) is 11.1 Å². The minimum Gasteiger partial charge on any atom is -0.384 e. The van der Waals surface area contributed by atoms with E-state index in [0.717, 1.165) is 21.3 Å². The van der Waals surface area contributed by atoms with Crippen LogP contribution in [-0.2, 0) is 0 Å². The van der Waals surface area contributed by atoms with Crippen LogP contribution in [0, 0.1) is 0 Å². The van der Waals surface area contributed by atoms with Gasteiger partial charge in [0, 0.05) is 17.3 Å². The Kier molecular flexibility index (Phi) is 2.57. The number of pyridine rings is 1. The minimum atomic E-state index is 0.434. The van der Waals surface area contributed by atoms with E-state index in [4.69, 9.17) is 23.1 Å². The molecule has 0 aliphatic rings. The first-order valence-electron chi connectivity index (χ1n) is 5.21. The fourth-order valence-corrected chi connectivity index (χ4v) is 2.90. The largest absolute Gasteiger partial charge is 0.384 e. The van der Waals surface area contributed by atoms with Gasteiger partial charge >= 0.3 is 0 Å². The Labute approximate surface area is 112 Å². The Hall–Kier alpha value is -1.85. The van der Waals surface area contributed by atoms with Gasteiger partial charge in [0.25, 0.3) is 0 Å². The quantitative estimate of drug-likeness (QED) is 0.715. The third kappa shape index (κ3) is 1.77. The lowest BCUT2D eigenvalue weighted by atomic mass is 10.1. The number of rotatable bonds is 1. The molecule has 2 aromatic heterocycles. The van der Waals surface area contributed by atoms with Gasteiger partial charge in [0.2, 0.25) is 0 Å². The van der Waals surface area contributed by atoms with Crippen LogP contribution in [0.15, 0.2) is 30.5 Å². The highest BCUT2D eigenvalue weighted by molar-refractivity contribution is 7.22. The lowest BCUT2D eigenvalue weighted by Crippen LogP contribution is -1.91. The van der Waals surface area contributed by atoms with Gasteiger partial charge in [0.15, 0.2) is 5.13 Å². The molecule has 4 nitrogen and oxygen atoms in total. The predicted octanol–water partition coefficient (Wildman–Crippen LogP) is 3.18. The number of nitrogens with zero attached hydrogens (tertiary/aromatic N) is 2. The molecule has 0 bridgehead atoms. The summed E-state index contributed by atoms with van der Waals surface area (Å²) in [5.41, 5.74) is 14.1. The number of hydrogen-bond acceptors (Lipinski definition) is 5. The maximum absolute atomic E-state index is 6.17. The second-order valence-electron chi connectivity index (χ2n) is 3.79. The van der Waals surface area contributed by atoms with Gasteiger partial charge in [-0.05, 0) is 12.1 Å². The molecule has 0 atom stereocenters. The third-order valence-corrected chi connectivity index (χ3v) is 3.83. The standard InChI is InChI=1S/C12H9ClN4S/c13-8-5-16-10(14)4-7(8)6-2-1-3-9-11(6)18-12(15)17-9/h1-5H,(H2,14,16)(H2,15,17). The van der Waals surface area contributed by atoms with Crippen LogP contribution >= 0.6 is 22.9 Å². The maximum Gasteiger partial charge on any atom is 0.181 e. The van der Waals surface area contributed by atoms with Crippen molar-refractivity contribution in [2.75, 3.05) is 11.5 Å². The predicted molar refractivity (Wildman–Crippen MR) is 76.7 cm³/mol. The molecular weight excluding hydrogens is 268 g/mol. The van der Waals surface area contributed by atoms with Gasteiger partial charge in [-0.2, -0.15) is 0 Å². The number of fused-ring (bicyclic) bond motifs is 1. The summed E-state index contributed by atoms with van der Waals surface area (Å²) >= 11 is 7.61. The molecule has 3 rings (SSSR count). The summed E-state index contributed by atoms with van der Waals surface area (Å²) in [5, 5.41) is 1.10. The molecule has 6 heteroatoms. The number of hydrogen-bond donors (Lipinski definition) is 2. The van der Waals surface area contributed by atoms with E-state index < -0.39 is 0 Å². The molecule has 2 heterocycles. The first-order valence-corrected chi connectivity index (χ1v) is 6.41. The molecular formula is C12H9ClN4S.